The highest BCUT2D eigenvalue weighted by Crippen LogP contribution is 2.28. The van der Waals surface area contributed by atoms with E-state index in [1.165, 1.54) is 0 Å². The average Bonchev–Trinajstić information content (AvgIpc) is 3.28. The van der Waals surface area contributed by atoms with Crippen molar-refractivity contribution in [3.05, 3.63) is 35.4 Å². The number of hydrogen-bond donors (Lipinski definition) is 3. The third kappa shape index (κ3) is 5.15. The van der Waals surface area contributed by atoms with Crippen LogP contribution in [-0.2, 0) is 16.0 Å². The van der Waals surface area contributed by atoms with Crippen molar-refractivity contribution in [2.24, 2.45) is 11.7 Å². The van der Waals surface area contributed by atoms with Gasteiger partial charge < -0.3 is 16.4 Å². The van der Waals surface area contributed by atoms with Crippen LogP contribution in [0.25, 0.3) is 0 Å². The van der Waals surface area contributed by atoms with Crippen LogP contribution in [-0.4, -0.2) is 29.9 Å². The monoisotopic (exact) mass is 305 g/mol. The van der Waals surface area contributed by atoms with E-state index in [2.05, 4.69) is 10.6 Å². The van der Waals surface area contributed by atoms with Gasteiger partial charge in [-0.15, -0.1) is 0 Å². The number of nitrogens with two attached hydrogens (primary N) is 1. The zero-order chi connectivity index (χ0) is 15.2. The summed E-state index contributed by atoms with van der Waals surface area (Å²) in [4.78, 5) is 23.5. The summed E-state index contributed by atoms with van der Waals surface area (Å²) < 4.78 is 0. The number of carbonyl (C=O) groups excluding carboxylic acids is 2. The van der Waals surface area contributed by atoms with Crippen LogP contribution in [0.2, 0.25) is 0 Å². The fourth-order valence-corrected chi connectivity index (χ4v) is 2.05. The second kappa shape index (κ2) is 7.17. The minimum absolute atomic E-state index is 0.0706. The van der Waals surface area contributed by atoms with Crippen molar-refractivity contribution in [1.29, 1.82) is 0 Å². The molecule has 21 heavy (non-hydrogen) atoms. The maximum Gasteiger partial charge on any atom is 0.224 e. The molecule has 1 saturated carbocycles. The molecule has 0 spiro atoms. The SMILES string of the molecule is NC(=S)c1ccc(CC(=O)NCCNC(=O)C2CC2)cc1. The number of amides is 2. The van der Waals surface area contributed by atoms with Gasteiger partial charge >= 0.3 is 0 Å². The van der Waals surface area contributed by atoms with Gasteiger partial charge in [-0.2, -0.15) is 0 Å². The Kier molecular flexibility index (Phi) is 5.27. The molecule has 0 radical (unpaired) electrons. The third-order valence-corrected chi connectivity index (χ3v) is 3.53. The van der Waals surface area contributed by atoms with Crippen molar-refractivity contribution in [1.82, 2.24) is 10.6 Å². The molecule has 4 N–H and O–H groups in total. The summed E-state index contributed by atoms with van der Waals surface area (Å²) in [5.74, 6) is 0.226. The smallest absolute Gasteiger partial charge is 0.224 e. The van der Waals surface area contributed by atoms with Crippen molar-refractivity contribution < 1.29 is 9.59 Å². The van der Waals surface area contributed by atoms with Gasteiger partial charge in [0.25, 0.3) is 0 Å². The summed E-state index contributed by atoms with van der Waals surface area (Å²) in [6.07, 6.45) is 2.27. The van der Waals surface area contributed by atoms with Gasteiger partial charge in [0.1, 0.15) is 4.99 Å². The minimum atomic E-state index is -0.0706. The highest BCUT2D eigenvalue weighted by atomic mass is 32.1. The molecule has 112 valence electrons. The van der Waals surface area contributed by atoms with Crippen LogP contribution in [0, 0.1) is 5.92 Å². The largest absolute Gasteiger partial charge is 0.389 e. The Labute approximate surface area is 129 Å². The molecular formula is C15H19N3O2S. The first-order valence-electron chi connectivity index (χ1n) is 6.99. The van der Waals surface area contributed by atoms with E-state index in [4.69, 9.17) is 18.0 Å². The lowest BCUT2D eigenvalue weighted by molar-refractivity contribution is -0.123. The van der Waals surface area contributed by atoms with Crippen molar-refractivity contribution in [3.8, 4) is 0 Å². The van der Waals surface area contributed by atoms with E-state index in [1.54, 1.807) is 12.1 Å². The van der Waals surface area contributed by atoms with Crippen LogP contribution < -0.4 is 16.4 Å². The molecule has 2 amide bonds. The predicted octanol–water partition coefficient (Wildman–Crippen LogP) is 0.506. The van der Waals surface area contributed by atoms with Crippen molar-refractivity contribution in [3.63, 3.8) is 0 Å². The zero-order valence-corrected chi connectivity index (χ0v) is 12.5. The lowest BCUT2D eigenvalue weighted by atomic mass is 10.1. The van der Waals surface area contributed by atoms with Gasteiger partial charge in [0, 0.05) is 24.6 Å². The predicted molar refractivity (Wildman–Crippen MR) is 84.8 cm³/mol. The number of hydrogen-bond acceptors (Lipinski definition) is 3. The molecule has 1 aliphatic carbocycles. The number of benzene rings is 1. The number of carbonyl (C=O) groups is 2. The van der Waals surface area contributed by atoms with E-state index in [0.29, 0.717) is 24.5 Å². The molecular weight excluding hydrogens is 286 g/mol. The third-order valence-electron chi connectivity index (χ3n) is 3.30. The summed E-state index contributed by atoms with van der Waals surface area (Å²) in [7, 11) is 0. The van der Waals surface area contributed by atoms with Crippen molar-refractivity contribution in [2.75, 3.05) is 13.1 Å². The molecule has 0 unspecified atom stereocenters. The Morgan fingerprint density at radius 1 is 1.14 bits per heavy atom. The van der Waals surface area contributed by atoms with Crippen LogP contribution in [0.4, 0.5) is 0 Å². The van der Waals surface area contributed by atoms with Gasteiger partial charge in [-0.3, -0.25) is 9.59 Å². The maximum absolute atomic E-state index is 11.7. The molecule has 0 aliphatic heterocycles. The Morgan fingerprint density at radius 3 is 2.33 bits per heavy atom. The summed E-state index contributed by atoms with van der Waals surface area (Å²) in [6, 6.07) is 7.29. The molecule has 1 aromatic carbocycles. The highest BCUT2D eigenvalue weighted by molar-refractivity contribution is 7.80. The molecule has 1 aliphatic rings. The second-order valence-corrected chi connectivity index (χ2v) is 5.59. The highest BCUT2D eigenvalue weighted by Gasteiger charge is 2.28. The molecule has 0 heterocycles. The topological polar surface area (TPSA) is 84.2 Å². The van der Waals surface area contributed by atoms with Gasteiger partial charge in [-0.25, -0.2) is 0 Å². The van der Waals surface area contributed by atoms with E-state index in [1.807, 2.05) is 12.1 Å². The number of nitrogens with one attached hydrogen (secondary N) is 2. The molecule has 5 nitrogen and oxygen atoms in total. The van der Waals surface area contributed by atoms with Gasteiger partial charge in [0.05, 0.1) is 6.42 Å². The fourth-order valence-electron chi connectivity index (χ4n) is 1.91. The van der Waals surface area contributed by atoms with Crippen molar-refractivity contribution >= 4 is 29.0 Å². The van der Waals surface area contributed by atoms with Crippen LogP contribution in [0.1, 0.15) is 24.0 Å². The molecule has 0 aromatic heterocycles. The molecule has 0 bridgehead atoms. The average molecular weight is 305 g/mol. The lowest BCUT2D eigenvalue weighted by Gasteiger charge is -2.07. The van der Waals surface area contributed by atoms with E-state index < -0.39 is 0 Å². The van der Waals surface area contributed by atoms with Crippen LogP contribution in [0.3, 0.4) is 0 Å². The van der Waals surface area contributed by atoms with E-state index in [-0.39, 0.29) is 17.7 Å². The van der Waals surface area contributed by atoms with E-state index in [9.17, 15) is 9.59 Å². The van der Waals surface area contributed by atoms with E-state index in [0.717, 1.165) is 24.0 Å². The Morgan fingerprint density at radius 2 is 1.76 bits per heavy atom. The Balaban J connectivity index is 1.66. The van der Waals surface area contributed by atoms with Gasteiger partial charge in [-0.05, 0) is 18.4 Å². The van der Waals surface area contributed by atoms with Gasteiger partial charge in [-0.1, -0.05) is 36.5 Å². The maximum atomic E-state index is 11.7. The molecule has 2 rings (SSSR count). The molecule has 0 saturated heterocycles. The van der Waals surface area contributed by atoms with E-state index >= 15 is 0 Å². The normalized spacial score (nSPS) is 13.5. The summed E-state index contributed by atoms with van der Waals surface area (Å²) in [5, 5.41) is 5.58. The van der Waals surface area contributed by atoms with Crippen LogP contribution >= 0.6 is 12.2 Å². The first kappa shape index (κ1) is 15.4. The Hall–Kier alpha value is -1.95. The van der Waals surface area contributed by atoms with Crippen LogP contribution in [0.5, 0.6) is 0 Å². The molecule has 1 aromatic rings. The van der Waals surface area contributed by atoms with Gasteiger partial charge in [0.15, 0.2) is 0 Å². The fraction of sp³-hybridized carbons (Fsp3) is 0.400. The molecule has 1 fully saturated rings. The van der Waals surface area contributed by atoms with Crippen LogP contribution in [0.15, 0.2) is 24.3 Å². The molecule has 0 atom stereocenters. The first-order chi connectivity index (χ1) is 10.1. The summed E-state index contributed by atoms with van der Waals surface area (Å²) >= 11 is 4.87. The van der Waals surface area contributed by atoms with Crippen molar-refractivity contribution in [2.45, 2.75) is 19.3 Å². The Bertz CT molecular complexity index is 538. The van der Waals surface area contributed by atoms with Gasteiger partial charge in [0.2, 0.25) is 11.8 Å². The zero-order valence-electron chi connectivity index (χ0n) is 11.7. The second-order valence-electron chi connectivity index (χ2n) is 5.15. The molecule has 6 heteroatoms. The number of thiocarbonyl (C=S) groups is 1. The lowest BCUT2D eigenvalue weighted by Crippen LogP contribution is -2.35. The quantitative estimate of drug-likeness (QED) is 0.506. The number of rotatable bonds is 7. The minimum Gasteiger partial charge on any atom is -0.389 e. The summed E-state index contributed by atoms with van der Waals surface area (Å²) in [6.45, 7) is 0.920. The standard InChI is InChI=1S/C15H19N3O2S/c16-14(21)11-3-1-10(2-4-11)9-13(19)17-7-8-18-15(20)12-5-6-12/h1-4,12H,5-9H2,(H2,16,21)(H,17,19)(H,18,20). The first-order valence-corrected chi connectivity index (χ1v) is 7.40. The summed E-state index contributed by atoms with van der Waals surface area (Å²) in [5.41, 5.74) is 7.20.